The average molecular weight is 396 g/mol. The molecule has 7 nitrogen and oxygen atoms in total. The number of likely N-dealkylation sites (tertiary alicyclic amines) is 1. The van der Waals surface area contributed by atoms with E-state index in [1.54, 1.807) is 23.8 Å². The van der Waals surface area contributed by atoms with Crippen molar-refractivity contribution in [1.82, 2.24) is 18.9 Å². The van der Waals surface area contributed by atoms with Crippen molar-refractivity contribution in [2.24, 2.45) is 5.92 Å². The largest absolute Gasteiger partial charge is 0.385 e. The minimum atomic E-state index is -0.139. The number of nitrogens with zero attached hydrogens (tertiary/aromatic N) is 4. The molecule has 0 N–H and O–H groups in total. The molecule has 0 unspecified atom stereocenters. The molecule has 1 aliphatic heterocycles. The fraction of sp³-hybridized carbons (Fsp3) is 0.500. The van der Waals surface area contributed by atoms with Gasteiger partial charge in [0.1, 0.15) is 17.0 Å². The Labute approximate surface area is 169 Å². The van der Waals surface area contributed by atoms with Gasteiger partial charge < -0.3 is 14.2 Å². The van der Waals surface area contributed by atoms with E-state index in [1.807, 2.05) is 28.5 Å². The fourth-order valence-corrected chi connectivity index (χ4v) is 4.27. The Balaban J connectivity index is 1.88. The molecule has 7 heteroatoms. The number of aromatic nitrogens is 3. The van der Waals surface area contributed by atoms with Gasteiger partial charge in [-0.2, -0.15) is 0 Å². The van der Waals surface area contributed by atoms with Crippen LogP contribution >= 0.6 is 0 Å². The van der Waals surface area contributed by atoms with E-state index in [0.29, 0.717) is 41.4 Å². The molecule has 1 amide bonds. The molecule has 4 heterocycles. The SMILES string of the molecule is COCCCn1c(C(=O)N2CCC[C@H](C)C2)cc2c(=O)n3cccc(C)c3nc21. The number of ether oxygens (including phenoxy) is 1. The Hall–Kier alpha value is -2.67. The number of fused-ring (bicyclic) bond motifs is 2. The van der Waals surface area contributed by atoms with Crippen LogP contribution in [0.4, 0.5) is 0 Å². The molecular weight excluding hydrogens is 368 g/mol. The van der Waals surface area contributed by atoms with Crippen molar-refractivity contribution in [3.8, 4) is 0 Å². The Morgan fingerprint density at radius 1 is 1.34 bits per heavy atom. The lowest BCUT2D eigenvalue weighted by Gasteiger charge is -2.31. The van der Waals surface area contributed by atoms with E-state index in [0.717, 1.165) is 37.9 Å². The van der Waals surface area contributed by atoms with Gasteiger partial charge in [-0.05, 0) is 49.8 Å². The minimum absolute atomic E-state index is 0.0165. The van der Waals surface area contributed by atoms with Gasteiger partial charge in [0.25, 0.3) is 11.5 Å². The first-order valence-corrected chi connectivity index (χ1v) is 10.3. The van der Waals surface area contributed by atoms with Crippen molar-refractivity contribution in [3.05, 3.63) is 46.0 Å². The summed E-state index contributed by atoms with van der Waals surface area (Å²) in [5, 5.41) is 0.485. The maximum atomic E-state index is 13.4. The first-order chi connectivity index (χ1) is 14.0. The molecule has 1 fully saturated rings. The topological polar surface area (TPSA) is 68.8 Å². The van der Waals surface area contributed by atoms with Gasteiger partial charge in [0.2, 0.25) is 0 Å². The summed E-state index contributed by atoms with van der Waals surface area (Å²) in [7, 11) is 1.66. The molecule has 0 spiro atoms. The summed E-state index contributed by atoms with van der Waals surface area (Å²) in [6.45, 7) is 6.79. The van der Waals surface area contributed by atoms with Crippen molar-refractivity contribution in [1.29, 1.82) is 0 Å². The van der Waals surface area contributed by atoms with Crippen LogP contribution in [0.5, 0.6) is 0 Å². The third-order valence-electron chi connectivity index (χ3n) is 5.79. The zero-order valence-electron chi connectivity index (χ0n) is 17.4. The molecule has 0 aliphatic carbocycles. The van der Waals surface area contributed by atoms with Crippen LogP contribution in [0.15, 0.2) is 29.2 Å². The molecule has 4 rings (SSSR count). The smallest absolute Gasteiger partial charge is 0.270 e. The van der Waals surface area contributed by atoms with Crippen molar-refractivity contribution in [3.63, 3.8) is 0 Å². The van der Waals surface area contributed by atoms with Crippen LogP contribution in [0.25, 0.3) is 16.7 Å². The van der Waals surface area contributed by atoms with Crippen LogP contribution in [0, 0.1) is 12.8 Å². The molecule has 154 valence electrons. The van der Waals surface area contributed by atoms with E-state index >= 15 is 0 Å². The zero-order chi connectivity index (χ0) is 20.5. The van der Waals surface area contributed by atoms with Crippen LogP contribution in [0.3, 0.4) is 0 Å². The van der Waals surface area contributed by atoms with Crippen LogP contribution in [-0.4, -0.2) is 51.6 Å². The number of carbonyl (C=O) groups excluding carboxylic acids is 1. The van der Waals surface area contributed by atoms with E-state index in [-0.39, 0.29) is 11.5 Å². The van der Waals surface area contributed by atoms with Gasteiger partial charge >= 0.3 is 0 Å². The summed E-state index contributed by atoms with van der Waals surface area (Å²) in [5.41, 5.74) is 2.54. The summed E-state index contributed by atoms with van der Waals surface area (Å²) in [6, 6.07) is 5.51. The van der Waals surface area contributed by atoms with Crippen molar-refractivity contribution in [2.45, 2.75) is 39.7 Å². The van der Waals surface area contributed by atoms with Gasteiger partial charge in [0, 0.05) is 39.5 Å². The fourth-order valence-electron chi connectivity index (χ4n) is 4.27. The standard InChI is InChI=1S/C22H28N4O3/c1-15-7-4-9-24(14-15)22(28)18-13-17-20(25(18)11-6-12-29-3)23-19-16(2)8-5-10-26(19)21(17)27/h5,8,10,13,15H,4,6-7,9,11-12,14H2,1-3H3/t15-/m0/s1. The highest BCUT2D eigenvalue weighted by Gasteiger charge is 2.26. The molecule has 1 aliphatic rings. The van der Waals surface area contributed by atoms with E-state index in [1.165, 1.54) is 0 Å². The molecule has 1 saturated heterocycles. The van der Waals surface area contributed by atoms with Crippen molar-refractivity contribution >= 4 is 22.6 Å². The highest BCUT2D eigenvalue weighted by molar-refractivity contribution is 5.98. The Kier molecular flexibility index (Phi) is 5.41. The molecule has 0 saturated carbocycles. The Morgan fingerprint density at radius 2 is 2.17 bits per heavy atom. The number of aryl methyl sites for hydroxylation is 2. The average Bonchev–Trinajstić information content (AvgIpc) is 3.07. The van der Waals surface area contributed by atoms with Gasteiger partial charge in [0.05, 0.1) is 5.39 Å². The predicted octanol–water partition coefficient (Wildman–Crippen LogP) is 2.87. The summed E-state index contributed by atoms with van der Waals surface area (Å²) < 4.78 is 8.67. The molecule has 0 aromatic carbocycles. The van der Waals surface area contributed by atoms with E-state index in [2.05, 4.69) is 6.92 Å². The third kappa shape index (κ3) is 3.55. The molecule has 3 aromatic heterocycles. The third-order valence-corrected chi connectivity index (χ3v) is 5.79. The second kappa shape index (κ2) is 7.99. The number of piperidine rings is 1. The molecule has 29 heavy (non-hydrogen) atoms. The first-order valence-electron chi connectivity index (χ1n) is 10.3. The van der Waals surface area contributed by atoms with E-state index < -0.39 is 0 Å². The van der Waals surface area contributed by atoms with Gasteiger partial charge in [-0.25, -0.2) is 4.98 Å². The number of methoxy groups -OCH3 is 1. The second-order valence-electron chi connectivity index (χ2n) is 8.07. The molecule has 0 radical (unpaired) electrons. The van der Waals surface area contributed by atoms with Crippen molar-refractivity contribution in [2.75, 3.05) is 26.8 Å². The molecular formula is C22H28N4O3. The van der Waals surface area contributed by atoms with E-state index in [9.17, 15) is 9.59 Å². The zero-order valence-corrected chi connectivity index (χ0v) is 17.4. The van der Waals surface area contributed by atoms with Gasteiger partial charge in [0.15, 0.2) is 0 Å². The number of carbonyl (C=O) groups is 1. The summed E-state index contributed by atoms with van der Waals surface area (Å²) in [4.78, 5) is 33.2. The van der Waals surface area contributed by atoms with Crippen LogP contribution in [-0.2, 0) is 11.3 Å². The maximum absolute atomic E-state index is 13.4. The number of rotatable bonds is 5. The van der Waals surface area contributed by atoms with Gasteiger partial charge in [-0.1, -0.05) is 13.0 Å². The Morgan fingerprint density at radius 3 is 2.93 bits per heavy atom. The monoisotopic (exact) mass is 396 g/mol. The van der Waals surface area contributed by atoms with Crippen molar-refractivity contribution < 1.29 is 9.53 Å². The summed E-state index contributed by atoms with van der Waals surface area (Å²) in [6.07, 6.45) is 4.63. The molecule has 3 aromatic rings. The Bertz CT molecular complexity index is 1110. The normalized spacial score (nSPS) is 17.3. The van der Waals surface area contributed by atoms with Crippen LogP contribution in [0.2, 0.25) is 0 Å². The van der Waals surface area contributed by atoms with Crippen LogP contribution in [0.1, 0.15) is 42.2 Å². The van der Waals surface area contributed by atoms with Gasteiger partial charge in [-0.15, -0.1) is 0 Å². The highest BCUT2D eigenvalue weighted by atomic mass is 16.5. The lowest BCUT2D eigenvalue weighted by molar-refractivity contribution is 0.0671. The minimum Gasteiger partial charge on any atom is -0.385 e. The summed E-state index contributed by atoms with van der Waals surface area (Å²) >= 11 is 0. The predicted molar refractivity (Wildman–Crippen MR) is 112 cm³/mol. The van der Waals surface area contributed by atoms with Gasteiger partial charge in [-0.3, -0.25) is 14.0 Å². The second-order valence-corrected chi connectivity index (χ2v) is 8.07. The lowest BCUT2D eigenvalue weighted by atomic mass is 10.00. The number of pyridine rings is 1. The molecule has 0 bridgehead atoms. The first kappa shape index (κ1) is 19.6. The van der Waals surface area contributed by atoms with E-state index in [4.69, 9.17) is 9.72 Å². The number of hydrogen-bond acceptors (Lipinski definition) is 4. The number of hydrogen-bond donors (Lipinski definition) is 0. The van der Waals surface area contributed by atoms with Crippen LogP contribution < -0.4 is 5.56 Å². The maximum Gasteiger partial charge on any atom is 0.270 e. The summed E-state index contributed by atoms with van der Waals surface area (Å²) in [5.74, 6) is 0.477. The highest BCUT2D eigenvalue weighted by Crippen LogP contribution is 2.23. The number of amides is 1. The quantitative estimate of drug-likeness (QED) is 0.622. The molecule has 1 atom stereocenters. The lowest BCUT2D eigenvalue weighted by Crippen LogP contribution is -2.40.